The van der Waals surface area contributed by atoms with E-state index in [0.29, 0.717) is 35.9 Å². The van der Waals surface area contributed by atoms with Crippen LogP contribution < -0.4 is 47.5 Å². The maximum Gasteiger partial charge on any atom is 0.530 e. The number of benzene rings is 2. The third-order valence-electron chi connectivity index (χ3n) is 11.7. The minimum absolute atomic E-state index is 0.00478. The number of urea groups is 1. The van der Waals surface area contributed by atoms with Crippen molar-refractivity contribution in [1.82, 2.24) is 37.2 Å². The second-order valence-electron chi connectivity index (χ2n) is 18.2. The number of hydrogen-bond acceptors (Lipinski definition) is 14. The fourth-order valence-corrected chi connectivity index (χ4v) is 10.7. The predicted molar refractivity (Wildman–Crippen MR) is 281 cm³/mol. The number of halogens is 1. The third-order valence-corrected chi connectivity index (χ3v) is 14.6. The number of hydrogen-bond donors (Lipinski definition) is 8. The normalized spacial score (nSPS) is 17.1. The van der Waals surface area contributed by atoms with E-state index in [-0.39, 0.29) is 113 Å². The van der Waals surface area contributed by atoms with E-state index in [0.717, 1.165) is 25.0 Å². The quantitative estimate of drug-likeness (QED) is 0.0207. The van der Waals surface area contributed by atoms with Crippen LogP contribution in [0.25, 0.3) is 0 Å². The Balaban J connectivity index is 1.25. The van der Waals surface area contributed by atoms with Gasteiger partial charge >= 0.3 is 13.9 Å². The highest BCUT2D eigenvalue weighted by Gasteiger charge is 2.42. The second kappa shape index (κ2) is 33.2. The Labute approximate surface area is 442 Å². The summed E-state index contributed by atoms with van der Waals surface area (Å²) in [4.78, 5) is 90.4. The van der Waals surface area contributed by atoms with Gasteiger partial charge in [0.25, 0.3) is 0 Å². The number of unbranched alkanes of at least 4 members (excludes halogenated alkanes) is 1. The summed E-state index contributed by atoms with van der Waals surface area (Å²) in [5.41, 5.74) is 6.55. The summed E-state index contributed by atoms with van der Waals surface area (Å²) < 4.78 is 54.9. The lowest BCUT2D eigenvalue weighted by Crippen LogP contribution is -2.57. The third kappa shape index (κ3) is 22.9. The number of rotatable bonds is 38. The zero-order chi connectivity index (χ0) is 54.6. The molecular weight excluding hydrogens is 1010 g/mol. The molecule has 2 aromatic rings. The predicted octanol–water partition coefficient (Wildman–Crippen LogP) is 3.59. The largest absolute Gasteiger partial charge is 0.530 e. The van der Waals surface area contributed by atoms with E-state index < -0.39 is 62.2 Å². The number of nitrogens with one attached hydrogen (secondary N) is 7. The van der Waals surface area contributed by atoms with Gasteiger partial charge in [0.15, 0.2) is 0 Å². The molecule has 2 aliphatic heterocycles. The number of nitrogens with two attached hydrogens (primary N) is 1. The standard InChI is InChI=1S/C51H74FN8O13PS/c1-5-22-71-74(68,72-23-6-2)73-42-17-16-36(29-37(42)32-52)31-40(50(66)57-38(48(53)64)28-34(3)4)58-49(65)39(30-35-12-8-7-9-13-35)56-46(63)19-18-45(62)55-21-25-70-27-26-69-24-20-54-44(61)15-11-10-14-43-47-41(33-75-43)59-51(67)60-47/h5-9,12-13,16-17,29,34,38-41,43,47H,1-2,10-11,14-15,18-28,30-33H2,3-4H3,(H2,53,64)(H,54,61)(H,55,62)(H,56,63)(H,57,66)(H,58,65)(H2,59,60,67)/t38?,39?,40?,41-,43?,47-/m1/s1. The van der Waals surface area contributed by atoms with Crippen molar-refractivity contribution in [2.75, 3.05) is 58.5 Å². The summed E-state index contributed by atoms with van der Waals surface area (Å²) in [7, 11) is -4.27. The van der Waals surface area contributed by atoms with Gasteiger partial charge in [-0.3, -0.25) is 37.8 Å². The molecule has 21 nitrogen and oxygen atoms in total. The molecular formula is C51H74FN8O13PS. The van der Waals surface area contributed by atoms with Crippen LogP contribution in [0.4, 0.5) is 9.18 Å². The molecule has 0 aliphatic carbocycles. The van der Waals surface area contributed by atoms with E-state index in [9.17, 15) is 42.5 Å². The first-order valence-corrected chi connectivity index (χ1v) is 27.6. The van der Waals surface area contributed by atoms with E-state index in [1.54, 1.807) is 30.3 Å². The molecule has 2 aromatic carbocycles. The fourth-order valence-electron chi connectivity index (χ4n) is 8.01. The Kier molecular flexibility index (Phi) is 27.4. The van der Waals surface area contributed by atoms with Crippen molar-refractivity contribution in [2.24, 2.45) is 11.7 Å². The number of fused-ring (bicyclic) bond motifs is 1. The first kappa shape index (κ1) is 61.7. The number of thioether (sulfide) groups is 1. The van der Waals surface area contributed by atoms with Crippen molar-refractivity contribution in [3.05, 3.63) is 90.5 Å². The zero-order valence-electron chi connectivity index (χ0n) is 42.8. The first-order chi connectivity index (χ1) is 36.0. The van der Waals surface area contributed by atoms with Gasteiger partial charge in [-0.05, 0) is 48.4 Å². The molecule has 2 aliphatic rings. The Morgan fingerprint density at radius 2 is 1.39 bits per heavy atom. The van der Waals surface area contributed by atoms with Gasteiger partial charge in [0.1, 0.15) is 30.5 Å². The van der Waals surface area contributed by atoms with Crippen molar-refractivity contribution in [3.63, 3.8) is 0 Å². The highest BCUT2D eigenvalue weighted by molar-refractivity contribution is 8.00. The van der Waals surface area contributed by atoms with Gasteiger partial charge < -0.3 is 56.9 Å². The summed E-state index contributed by atoms with van der Waals surface area (Å²) in [6, 6.07) is 9.40. The Hall–Kier alpha value is -5.84. The molecule has 75 heavy (non-hydrogen) atoms. The lowest BCUT2D eigenvalue weighted by molar-refractivity contribution is -0.133. The van der Waals surface area contributed by atoms with Crippen molar-refractivity contribution in [2.45, 2.75) is 114 Å². The first-order valence-electron chi connectivity index (χ1n) is 25.1. The molecule has 0 aromatic heterocycles. The molecule has 2 fully saturated rings. The number of phosphoric acid groups is 1. The van der Waals surface area contributed by atoms with Gasteiger partial charge in [-0.2, -0.15) is 11.8 Å². The van der Waals surface area contributed by atoms with Gasteiger partial charge in [-0.1, -0.05) is 68.8 Å². The van der Waals surface area contributed by atoms with Crippen LogP contribution in [-0.2, 0) is 71.4 Å². The number of carbonyl (C=O) groups is 7. The maximum atomic E-state index is 14.6. The van der Waals surface area contributed by atoms with Crippen molar-refractivity contribution >= 4 is 61.1 Å². The van der Waals surface area contributed by atoms with Crippen LogP contribution in [0.3, 0.4) is 0 Å². The highest BCUT2D eigenvalue weighted by Crippen LogP contribution is 2.50. The fraction of sp³-hybridized carbons (Fsp3) is 0.549. The lowest BCUT2D eigenvalue weighted by Gasteiger charge is -2.26. The molecule has 2 heterocycles. The van der Waals surface area contributed by atoms with Crippen LogP contribution in [0.15, 0.2) is 73.8 Å². The van der Waals surface area contributed by atoms with E-state index in [1.165, 1.54) is 30.4 Å². The van der Waals surface area contributed by atoms with E-state index in [2.05, 4.69) is 50.4 Å². The van der Waals surface area contributed by atoms with Crippen molar-refractivity contribution < 1.29 is 65.6 Å². The average molecular weight is 1090 g/mol. The van der Waals surface area contributed by atoms with Crippen molar-refractivity contribution in [3.8, 4) is 5.75 Å². The monoisotopic (exact) mass is 1090 g/mol. The molecule has 8 amide bonds. The van der Waals surface area contributed by atoms with Gasteiger partial charge in [-0.15, -0.1) is 13.2 Å². The Bertz CT molecular complexity index is 2250. The summed E-state index contributed by atoms with van der Waals surface area (Å²) >= 11 is 1.86. The van der Waals surface area contributed by atoms with Crippen LogP contribution in [0, 0.1) is 5.92 Å². The minimum atomic E-state index is -4.27. The summed E-state index contributed by atoms with van der Waals surface area (Å²) in [6.07, 6.45) is 5.13. The van der Waals surface area contributed by atoms with Crippen molar-refractivity contribution in [1.29, 1.82) is 0 Å². The second-order valence-corrected chi connectivity index (χ2v) is 21.1. The molecule has 0 radical (unpaired) electrons. The minimum Gasteiger partial charge on any atom is -0.404 e. The van der Waals surface area contributed by atoms with Crippen LogP contribution in [-0.4, -0.2) is 135 Å². The molecule has 6 atom stereocenters. The number of alkyl halides is 1. The van der Waals surface area contributed by atoms with Gasteiger partial charge in [0, 0.05) is 61.8 Å². The number of ether oxygens (including phenoxy) is 2. The van der Waals surface area contributed by atoms with E-state index in [1.807, 2.05) is 25.6 Å². The highest BCUT2D eigenvalue weighted by atomic mass is 32.2. The molecule has 0 saturated carbocycles. The number of primary amides is 1. The van der Waals surface area contributed by atoms with Crippen LogP contribution in [0.1, 0.15) is 75.5 Å². The van der Waals surface area contributed by atoms with Crippen LogP contribution in [0.2, 0.25) is 0 Å². The van der Waals surface area contributed by atoms with E-state index >= 15 is 0 Å². The summed E-state index contributed by atoms with van der Waals surface area (Å²) in [5, 5.41) is 19.8. The average Bonchev–Trinajstić information content (AvgIpc) is 3.94. The SMILES string of the molecule is C=CCOP(=O)(OCC=C)Oc1ccc(CC(NC(=O)C(Cc2ccccc2)NC(=O)CCC(=O)NCCOCCOCCNC(=O)CCCCC2SC[C@H]3NC(=O)N[C@@H]23)C(=O)NC(CC(C)C)C(N)=O)cc1CF. The Morgan fingerprint density at radius 1 is 0.787 bits per heavy atom. The van der Waals surface area contributed by atoms with Crippen LogP contribution in [0.5, 0.6) is 5.75 Å². The van der Waals surface area contributed by atoms with Gasteiger partial charge in [-0.25, -0.2) is 13.8 Å². The number of carbonyl (C=O) groups excluding carboxylic acids is 7. The molecule has 2 saturated heterocycles. The Morgan fingerprint density at radius 3 is 2.00 bits per heavy atom. The number of phosphoric ester groups is 1. The molecule has 4 unspecified atom stereocenters. The summed E-state index contributed by atoms with van der Waals surface area (Å²) in [5.74, 6) is -2.77. The lowest BCUT2D eigenvalue weighted by atomic mass is 9.99. The zero-order valence-corrected chi connectivity index (χ0v) is 44.5. The molecule has 9 N–H and O–H groups in total. The molecule has 0 bridgehead atoms. The topological polar surface area (TPSA) is 293 Å². The molecule has 24 heteroatoms. The summed E-state index contributed by atoms with van der Waals surface area (Å²) in [6.45, 7) is 10.7. The van der Waals surface area contributed by atoms with Crippen LogP contribution >= 0.6 is 19.6 Å². The van der Waals surface area contributed by atoms with Gasteiger partial charge in [0.05, 0.1) is 51.7 Å². The van der Waals surface area contributed by atoms with Gasteiger partial charge in [0.2, 0.25) is 35.4 Å². The number of amides is 8. The maximum absolute atomic E-state index is 14.6. The molecule has 0 spiro atoms. The molecule has 414 valence electrons. The molecule has 4 rings (SSSR count). The smallest absolute Gasteiger partial charge is 0.404 e. The van der Waals surface area contributed by atoms with E-state index in [4.69, 9.17) is 28.8 Å².